The van der Waals surface area contributed by atoms with Crippen molar-refractivity contribution in [2.24, 2.45) is 5.73 Å². The van der Waals surface area contributed by atoms with Gasteiger partial charge in [0, 0.05) is 5.56 Å². The quantitative estimate of drug-likeness (QED) is 0.810. The summed E-state index contributed by atoms with van der Waals surface area (Å²) in [4.78, 5) is 37.2. The molecule has 2 aromatic rings. The minimum atomic E-state index is -0.677. The molecule has 3 N–H and O–H groups in total. The van der Waals surface area contributed by atoms with E-state index in [1.807, 2.05) is 0 Å². The van der Waals surface area contributed by atoms with Gasteiger partial charge in [0.25, 0.3) is 11.8 Å². The van der Waals surface area contributed by atoms with E-state index in [9.17, 15) is 14.4 Å². The molecule has 0 aliphatic carbocycles. The topological polar surface area (TPSA) is 111 Å². The van der Waals surface area contributed by atoms with Gasteiger partial charge in [0.15, 0.2) is 18.1 Å². The number of fused-ring (bicyclic) bond motifs is 1. The summed E-state index contributed by atoms with van der Waals surface area (Å²) in [5.74, 6) is -1.14. The van der Waals surface area contributed by atoms with Crippen LogP contribution in [-0.2, 0) is 9.59 Å². The van der Waals surface area contributed by atoms with Crippen LogP contribution in [-0.4, -0.2) is 38.0 Å². The Bertz CT molecular complexity index is 931. The summed E-state index contributed by atoms with van der Waals surface area (Å²) in [5.41, 5.74) is 6.39. The summed E-state index contributed by atoms with van der Waals surface area (Å²) in [6.45, 7) is -0.515. The highest BCUT2D eigenvalue weighted by Gasteiger charge is 2.28. The minimum absolute atomic E-state index is 0.0775. The second-order valence-electron chi connectivity index (χ2n) is 5.70. The lowest BCUT2D eigenvalue weighted by Crippen LogP contribution is -2.42. The van der Waals surface area contributed by atoms with Crippen molar-refractivity contribution in [2.75, 3.05) is 30.5 Å². The predicted molar refractivity (Wildman–Crippen MR) is 99.4 cm³/mol. The highest BCUT2D eigenvalue weighted by Crippen LogP contribution is 2.38. The van der Waals surface area contributed by atoms with Gasteiger partial charge in [-0.15, -0.1) is 0 Å². The van der Waals surface area contributed by atoms with Crippen LogP contribution in [0, 0.1) is 0 Å². The molecule has 2 aromatic carbocycles. The molecule has 1 aliphatic heterocycles. The Labute approximate surface area is 159 Å². The molecule has 0 radical (unpaired) electrons. The summed E-state index contributed by atoms with van der Waals surface area (Å²) in [5, 5.41) is 2.80. The maximum Gasteiger partial charge on any atom is 0.259 e. The Morgan fingerprint density at radius 2 is 2.04 bits per heavy atom. The molecule has 3 amide bonds. The Balaban J connectivity index is 1.97. The van der Waals surface area contributed by atoms with Gasteiger partial charge < -0.3 is 20.5 Å². The first-order chi connectivity index (χ1) is 12.9. The van der Waals surface area contributed by atoms with Crippen molar-refractivity contribution < 1.29 is 23.9 Å². The van der Waals surface area contributed by atoms with Gasteiger partial charge in [-0.2, -0.15) is 0 Å². The molecule has 27 heavy (non-hydrogen) atoms. The van der Waals surface area contributed by atoms with Gasteiger partial charge in [0.05, 0.1) is 23.5 Å². The number of methoxy groups -OCH3 is 1. The van der Waals surface area contributed by atoms with Crippen molar-refractivity contribution in [3.05, 3.63) is 47.0 Å². The second kappa shape index (κ2) is 7.55. The number of carbonyl (C=O) groups is 3. The van der Waals surface area contributed by atoms with Gasteiger partial charge in [-0.3, -0.25) is 19.3 Å². The van der Waals surface area contributed by atoms with Crippen molar-refractivity contribution in [2.45, 2.75) is 0 Å². The number of rotatable bonds is 5. The Hall–Kier alpha value is -3.26. The van der Waals surface area contributed by atoms with Crippen molar-refractivity contribution >= 4 is 40.7 Å². The number of anilines is 2. The SMILES string of the molecule is COc1cc(C(=O)N2CC(=O)Nc3ccccc32)cc(Cl)c1OCC(N)=O. The molecule has 1 aliphatic rings. The number of hydrogen-bond acceptors (Lipinski definition) is 5. The molecule has 8 nitrogen and oxygen atoms in total. The molecule has 0 bridgehead atoms. The fourth-order valence-corrected chi connectivity index (χ4v) is 2.96. The molecule has 0 spiro atoms. The lowest BCUT2D eigenvalue weighted by atomic mass is 10.1. The number of nitrogens with one attached hydrogen (secondary N) is 1. The fraction of sp³-hybridized carbons (Fsp3) is 0.167. The number of nitrogens with two attached hydrogens (primary N) is 1. The zero-order valence-electron chi connectivity index (χ0n) is 14.3. The fourth-order valence-electron chi connectivity index (χ4n) is 2.70. The highest BCUT2D eigenvalue weighted by molar-refractivity contribution is 6.33. The van der Waals surface area contributed by atoms with Crippen molar-refractivity contribution in [1.82, 2.24) is 0 Å². The number of hydrogen-bond donors (Lipinski definition) is 2. The van der Waals surface area contributed by atoms with Crippen LogP contribution in [0.5, 0.6) is 11.5 Å². The van der Waals surface area contributed by atoms with Crippen LogP contribution in [0.4, 0.5) is 11.4 Å². The molecule has 9 heteroatoms. The first-order valence-corrected chi connectivity index (χ1v) is 8.28. The molecule has 140 valence electrons. The summed E-state index contributed by atoms with van der Waals surface area (Å²) in [7, 11) is 1.38. The van der Waals surface area contributed by atoms with Gasteiger partial charge in [-0.25, -0.2) is 0 Å². The summed E-state index contributed by atoms with van der Waals surface area (Å²) < 4.78 is 10.5. The Morgan fingerprint density at radius 3 is 2.74 bits per heavy atom. The first kappa shape index (κ1) is 18.5. The van der Waals surface area contributed by atoms with E-state index in [4.69, 9.17) is 26.8 Å². The maximum absolute atomic E-state index is 13.0. The molecule has 0 saturated heterocycles. The molecule has 0 atom stereocenters. The number of amides is 3. The second-order valence-corrected chi connectivity index (χ2v) is 6.11. The number of benzene rings is 2. The van der Waals surface area contributed by atoms with E-state index in [0.717, 1.165) is 0 Å². The van der Waals surface area contributed by atoms with Crippen LogP contribution < -0.4 is 25.4 Å². The molecular formula is C18H16ClN3O5. The first-order valence-electron chi connectivity index (χ1n) is 7.90. The number of halogens is 1. The lowest BCUT2D eigenvalue weighted by Gasteiger charge is -2.29. The Kier molecular flexibility index (Phi) is 5.18. The van der Waals surface area contributed by atoms with Gasteiger partial charge in [-0.1, -0.05) is 23.7 Å². The normalized spacial score (nSPS) is 12.8. The van der Waals surface area contributed by atoms with E-state index in [0.29, 0.717) is 11.4 Å². The van der Waals surface area contributed by atoms with Crippen LogP contribution >= 0.6 is 11.6 Å². The average Bonchev–Trinajstić information content (AvgIpc) is 2.64. The number of carbonyl (C=O) groups excluding carboxylic acids is 3. The van der Waals surface area contributed by atoms with Gasteiger partial charge in [0.2, 0.25) is 5.91 Å². The van der Waals surface area contributed by atoms with Gasteiger partial charge in [0.1, 0.15) is 6.54 Å². The average molecular weight is 390 g/mol. The van der Waals surface area contributed by atoms with Crippen LogP contribution in [0.1, 0.15) is 10.4 Å². The molecule has 3 rings (SSSR count). The maximum atomic E-state index is 13.0. The minimum Gasteiger partial charge on any atom is -0.493 e. The van der Waals surface area contributed by atoms with Crippen LogP contribution in [0.15, 0.2) is 36.4 Å². The van der Waals surface area contributed by atoms with E-state index >= 15 is 0 Å². The number of primary amides is 1. The van der Waals surface area contributed by atoms with Gasteiger partial charge >= 0.3 is 0 Å². The largest absolute Gasteiger partial charge is 0.493 e. The lowest BCUT2D eigenvalue weighted by molar-refractivity contribution is -0.120. The molecule has 0 fully saturated rings. The third-order valence-corrected chi connectivity index (χ3v) is 4.13. The number of nitrogens with zero attached hydrogens (tertiary/aromatic N) is 1. The summed E-state index contributed by atoms with van der Waals surface area (Å²) in [6.07, 6.45) is 0. The van der Waals surface area contributed by atoms with E-state index in [2.05, 4.69) is 5.32 Å². The predicted octanol–water partition coefficient (Wildman–Crippen LogP) is 1.81. The van der Waals surface area contributed by atoms with Gasteiger partial charge in [-0.05, 0) is 24.3 Å². The monoisotopic (exact) mass is 389 g/mol. The third kappa shape index (κ3) is 3.80. The standard InChI is InChI=1S/C18H16ClN3O5/c1-26-14-7-10(6-11(19)17(14)27-9-15(20)23)18(25)22-8-16(24)21-12-4-2-3-5-13(12)22/h2-7H,8-9H2,1H3,(H2,20,23)(H,21,24). The molecular weight excluding hydrogens is 374 g/mol. The van der Waals surface area contributed by atoms with Crippen molar-refractivity contribution in [3.63, 3.8) is 0 Å². The van der Waals surface area contributed by atoms with Crippen molar-refractivity contribution in [1.29, 1.82) is 0 Å². The molecule has 0 saturated carbocycles. The molecule has 1 heterocycles. The van der Waals surface area contributed by atoms with Crippen LogP contribution in [0.3, 0.4) is 0 Å². The summed E-state index contributed by atoms with van der Waals surface area (Å²) >= 11 is 6.20. The number of para-hydroxylation sites is 2. The van der Waals surface area contributed by atoms with Crippen molar-refractivity contribution in [3.8, 4) is 11.5 Å². The smallest absolute Gasteiger partial charge is 0.259 e. The van der Waals surface area contributed by atoms with E-state index in [1.165, 1.54) is 24.1 Å². The highest BCUT2D eigenvalue weighted by atomic mass is 35.5. The van der Waals surface area contributed by atoms with Crippen LogP contribution in [0.2, 0.25) is 5.02 Å². The van der Waals surface area contributed by atoms with E-state index in [-0.39, 0.29) is 41.1 Å². The molecule has 0 aromatic heterocycles. The van der Waals surface area contributed by atoms with Crippen LogP contribution in [0.25, 0.3) is 0 Å². The van der Waals surface area contributed by atoms with E-state index < -0.39 is 11.8 Å². The van der Waals surface area contributed by atoms with E-state index in [1.54, 1.807) is 24.3 Å². The number of ether oxygens (including phenoxy) is 2. The Morgan fingerprint density at radius 1 is 1.30 bits per heavy atom. The zero-order valence-corrected chi connectivity index (χ0v) is 15.1. The summed E-state index contributed by atoms with van der Waals surface area (Å²) in [6, 6.07) is 9.79. The zero-order chi connectivity index (χ0) is 19.6. The third-order valence-electron chi connectivity index (χ3n) is 3.85. The molecule has 0 unspecified atom stereocenters.